The minimum atomic E-state index is -0.805. The van der Waals surface area contributed by atoms with Crippen molar-refractivity contribution in [3.8, 4) is 0 Å². The summed E-state index contributed by atoms with van der Waals surface area (Å²) in [6, 6.07) is 3.80. The first-order valence-corrected chi connectivity index (χ1v) is 4.42. The molecule has 3 nitrogen and oxygen atoms in total. The van der Waals surface area contributed by atoms with Crippen LogP contribution in [0, 0.1) is 0 Å². The molecule has 1 N–H and O–H groups in total. The maximum atomic E-state index is 10.4. The van der Waals surface area contributed by atoms with Crippen molar-refractivity contribution < 1.29 is 9.90 Å². The number of carbonyl (C=O) groups is 1. The van der Waals surface area contributed by atoms with Crippen LogP contribution >= 0.6 is 0 Å². The van der Waals surface area contributed by atoms with Gasteiger partial charge in [-0.2, -0.15) is 0 Å². The summed E-state index contributed by atoms with van der Waals surface area (Å²) in [6.45, 7) is 0. The van der Waals surface area contributed by atoms with Crippen molar-refractivity contribution in [1.82, 2.24) is 4.98 Å². The summed E-state index contributed by atoms with van der Waals surface area (Å²) >= 11 is 0. The number of carboxylic acid groups (broad SMARTS) is 1. The van der Waals surface area contributed by atoms with E-state index in [1.165, 1.54) is 12.8 Å². The minimum absolute atomic E-state index is 0.0674. The molecule has 0 unspecified atom stereocenters. The number of aromatic nitrogens is 1. The monoisotopic (exact) mass is 177 g/mol. The van der Waals surface area contributed by atoms with Crippen LogP contribution in [0.5, 0.6) is 0 Å². The van der Waals surface area contributed by atoms with Crippen LogP contribution in [-0.4, -0.2) is 16.1 Å². The highest BCUT2D eigenvalue weighted by Crippen LogP contribution is 2.38. The summed E-state index contributed by atoms with van der Waals surface area (Å²) in [4.78, 5) is 14.6. The van der Waals surface area contributed by atoms with Gasteiger partial charge in [-0.15, -0.1) is 0 Å². The second-order valence-corrected chi connectivity index (χ2v) is 3.44. The van der Waals surface area contributed by atoms with Gasteiger partial charge in [-0.1, -0.05) is 6.07 Å². The van der Waals surface area contributed by atoms with E-state index in [-0.39, 0.29) is 6.42 Å². The molecule has 13 heavy (non-hydrogen) atoms. The predicted octanol–water partition coefficient (Wildman–Crippen LogP) is 1.59. The highest BCUT2D eigenvalue weighted by molar-refractivity contribution is 5.69. The summed E-state index contributed by atoms with van der Waals surface area (Å²) in [5.74, 6) is -0.167. The van der Waals surface area contributed by atoms with Crippen LogP contribution in [0.2, 0.25) is 0 Å². The average molecular weight is 177 g/mol. The number of nitrogens with zero attached hydrogens (tertiary/aromatic N) is 1. The second-order valence-electron chi connectivity index (χ2n) is 3.44. The zero-order chi connectivity index (χ0) is 9.26. The molecule has 0 spiro atoms. The lowest BCUT2D eigenvalue weighted by atomic mass is 10.2. The summed E-state index contributed by atoms with van der Waals surface area (Å²) in [5.41, 5.74) is 1.88. The van der Waals surface area contributed by atoms with Gasteiger partial charge in [0.05, 0.1) is 6.42 Å². The van der Waals surface area contributed by atoms with Gasteiger partial charge < -0.3 is 5.11 Å². The van der Waals surface area contributed by atoms with Crippen molar-refractivity contribution in [2.75, 3.05) is 0 Å². The van der Waals surface area contributed by atoms with Gasteiger partial charge in [-0.25, -0.2) is 0 Å². The van der Waals surface area contributed by atoms with Crippen molar-refractivity contribution >= 4 is 5.97 Å². The Labute approximate surface area is 76.4 Å². The number of rotatable bonds is 3. The predicted molar refractivity (Wildman–Crippen MR) is 47.6 cm³/mol. The van der Waals surface area contributed by atoms with E-state index < -0.39 is 5.97 Å². The highest BCUT2D eigenvalue weighted by atomic mass is 16.4. The van der Waals surface area contributed by atoms with E-state index in [9.17, 15) is 4.79 Å². The Morgan fingerprint density at radius 3 is 2.77 bits per heavy atom. The van der Waals surface area contributed by atoms with E-state index in [2.05, 4.69) is 4.98 Å². The molecule has 0 atom stereocenters. The molecule has 1 aromatic heterocycles. The largest absolute Gasteiger partial charge is 0.481 e. The molecular formula is C10H11NO2. The Kier molecular flexibility index (Phi) is 2.00. The summed E-state index contributed by atoms with van der Waals surface area (Å²) < 4.78 is 0. The molecule has 1 heterocycles. The number of hydrogen-bond donors (Lipinski definition) is 1. The molecule has 0 bridgehead atoms. The molecule has 0 amide bonds. The Morgan fingerprint density at radius 1 is 1.54 bits per heavy atom. The normalized spacial score (nSPS) is 15.7. The Balaban J connectivity index is 2.08. The van der Waals surface area contributed by atoms with Crippen LogP contribution in [0.25, 0.3) is 0 Å². The first-order valence-electron chi connectivity index (χ1n) is 4.42. The standard InChI is InChI=1S/C10H11NO2/c12-10(13)5-7-1-4-9(11-6-7)8-2-3-8/h1,4,6,8H,2-3,5H2,(H,12,13). The molecule has 1 aromatic rings. The maximum Gasteiger partial charge on any atom is 0.307 e. The Hall–Kier alpha value is -1.38. The Morgan fingerprint density at radius 2 is 2.31 bits per heavy atom. The van der Waals surface area contributed by atoms with Crippen LogP contribution < -0.4 is 0 Å². The molecule has 1 fully saturated rings. The third kappa shape index (κ3) is 2.05. The van der Waals surface area contributed by atoms with Crippen molar-refractivity contribution in [3.05, 3.63) is 29.6 Å². The zero-order valence-corrected chi connectivity index (χ0v) is 7.23. The van der Waals surface area contributed by atoms with Gasteiger partial charge in [0, 0.05) is 17.8 Å². The van der Waals surface area contributed by atoms with Crippen molar-refractivity contribution in [2.24, 2.45) is 0 Å². The molecule has 1 saturated carbocycles. The van der Waals surface area contributed by atoms with E-state index in [4.69, 9.17) is 5.11 Å². The van der Waals surface area contributed by atoms with Crippen molar-refractivity contribution in [1.29, 1.82) is 0 Å². The van der Waals surface area contributed by atoms with Crippen LogP contribution in [-0.2, 0) is 11.2 Å². The molecule has 68 valence electrons. The summed E-state index contributed by atoms with van der Waals surface area (Å²) in [6.07, 6.45) is 4.19. The molecular weight excluding hydrogens is 166 g/mol. The fourth-order valence-electron chi connectivity index (χ4n) is 1.34. The van der Waals surface area contributed by atoms with E-state index in [0.717, 1.165) is 11.3 Å². The SMILES string of the molecule is O=C(O)Cc1ccc(C2CC2)nc1. The van der Waals surface area contributed by atoms with Crippen molar-refractivity contribution in [3.63, 3.8) is 0 Å². The molecule has 1 aliphatic carbocycles. The summed E-state index contributed by atoms with van der Waals surface area (Å²) in [7, 11) is 0. The quantitative estimate of drug-likeness (QED) is 0.762. The van der Waals surface area contributed by atoms with E-state index in [1.54, 1.807) is 6.20 Å². The number of carboxylic acids is 1. The third-order valence-electron chi connectivity index (χ3n) is 2.20. The minimum Gasteiger partial charge on any atom is -0.481 e. The first kappa shape index (κ1) is 8.23. The molecule has 1 aliphatic rings. The second kappa shape index (κ2) is 3.17. The van der Waals surface area contributed by atoms with Crippen LogP contribution in [0.15, 0.2) is 18.3 Å². The lowest BCUT2D eigenvalue weighted by Crippen LogP contribution is -2.00. The fraction of sp³-hybridized carbons (Fsp3) is 0.400. The van der Waals surface area contributed by atoms with Crippen LogP contribution in [0.4, 0.5) is 0 Å². The molecule has 0 aliphatic heterocycles. The van der Waals surface area contributed by atoms with E-state index in [0.29, 0.717) is 5.92 Å². The molecule has 0 aromatic carbocycles. The average Bonchev–Trinajstić information content (AvgIpc) is 2.87. The maximum absolute atomic E-state index is 10.4. The van der Waals surface area contributed by atoms with E-state index >= 15 is 0 Å². The van der Waals surface area contributed by atoms with Gasteiger partial charge in [0.1, 0.15) is 0 Å². The third-order valence-corrected chi connectivity index (χ3v) is 2.20. The fourth-order valence-corrected chi connectivity index (χ4v) is 1.34. The van der Waals surface area contributed by atoms with Gasteiger partial charge in [-0.05, 0) is 24.5 Å². The first-order chi connectivity index (χ1) is 6.25. The molecule has 0 saturated heterocycles. The van der Waals surface area contributed by atoms with Gasteiger partial charge in [0.25, 0.3) is 0 Å². The zero-order valence-electron chi connectivity index (χ0n) is 7.23. The van der Waals surface area contributed by atoms with Gasteiger partial charge in [0.2, 0.25) is 0 Å². The number of hydrogen-bond acceptors (Lipinski definition) is 2. The number of aliphatic carboxylic acids is 1. The Bertz CT molecular complexity index is 314. The van der Waals surface area contributed by atoms with Gasteiger partial charge in [-0.3, -0.25) is 9.78 Å². The lowest BCUT2D eigenvalue weighted by molar-refractivity contribution is -0.136. The smallest absolute Gasteiger partial charge is 0.307 e. The topological polar surface area (TPSA) is 50.2 Å². The highest BCUT2D eigenvalue weighted by Gasteiger charge is 2.24. The molecule has 3 heteroatoms. The molecule has 2 rings (SSSR count). The number of pyridine rings is 1. The summed E-state index contributed by atoms with van der Waals surface area (Å²) in [5, 5.41) is 8.53. The van der Waals surface area contributed by atoms with Crippen LogP contribution in [0.3, 0.4) is 0 Å². The van der Waals surface area contributed by atoms with E-state index in [1.807, 2.05) is 12.1 Å². The lowest BCUT2D eigenvalue weighted by Gasteiger charge is -1.98. The van der Waals surface area contributed by atoms with Gasteiger partial charge in [0.15, 0.2) is 0 Å². The van der Waals surface area contributed by atoms with Crippen molar-refractivity contribution in [2.45, 2.75) is 25.2 Å². The molecule has 0 radical (unpaired) electrons. The van der Waals surface area contributed by atoms with Crippen LogP contribution in [0.1, 0.15) is 30.0 Å². The van der Waals surface area contributed by atoms with Gasteiger partial charge >= 0.3 is 5.97 Å².